The van der Waals surface area contributed by atoms with Gasteiger partial charge in [0, 0.05) is 25.1 Å². The number of nitrogens with one attached hydrogen (secondary N) is 1. The molecule has 0 aliphatic carbocycles. The first-order chi connectivity index (χ1) is 15.2. The molecule has 3 aromatic rings. The van der Waals surface area contributed by atoms with E-state index < -0.39 is 0 Å². The van der Waals surface area contributed by atoms with Crippen LogP contribution in [0.5, 0.6) is 11.5 Å². The van der Waals surface area contributed by atoms with Crippen molar-refractivity contribution in [3.05, 3.63) is 71.5 Å². The van der Waals surface area contributed by atoms with E-state index in [0.717, 1.165) is 31.6 Å². The van der Waals surface area contributed by atoms with Gasteiger partial charge < -0.3 is 24.1 Å². The summed E-state index contributed by atoms with van der Waals surface area (Å²) in [5.74, 6) is 0.696. The highest BCUT2D eigenvalue weighted by Crippen LogP contribution is 2.32. The lowest BCUT2D eigenvalue weighted by Gasteiger charge is -2.23. The van der Waals surface area contributed by atoms with Crippen LogP contribution in [-0.4, -0.2) is 36.9 Å². The van der Waals surface area contributed by atoms with Crippen LogP contribution in [0.2, 0.25) is 5.02 Å². The number of methoxy groups -OCH3 is 1. The molecule has 1 unspecified atom stereocenters. The number of carbonyl (C=O) groups excluding carboxylic acids is 1. The molecule has 7 heteroatoms. The number of hydrogen-bond donors (Lipinski definition) is 1. The van der Waals surface area contributed by atoms with E-state index in [9.17, 15) is 4.79 Å². The molecule has 1 aliphatic heterocycles. The van der Waals surface area contributed by atoms with E-state index in [4.69, 9.17) is 25.8 Å². The molecule has 1 saturated heterocycles. The number of halogens is 1. The molecule has 0 radical (unpaired) electrons. The zero-order valence-corrected chi connectivity index (χ0v) is 18.1. The van der Waals surface area contributed by atoms with Crippen LogP contribution in [0.15, 0.2) is 60.9 Å². The van der Waals surface area contributed by atoms with E-state index in [1.807, 2.05) is 47.3 Å². The van der Waals surface area contributed by atoms with Gasteiger partial charge in [0.2, 0.25) is 0 Å². The highest BCUT2D eigenvalue weighted by Gasteiger charge is 2.19. The molecule has 31 heavy (non-hydrogen) atoms. The molecule has 0 bridgehead atoms. The number of nitrogens with zero attached hydrogens (tertiary/aromatic N) is 1. The van der Waals surface area contributed by atoms with Crippen molar-refractivity contribution in [3.63, 3.8) is 0 Å². The topological polar surface area (TPSA) is 61.7 Å². The molecular weight excluding hydrogens is 416 g/mol. The Morgan fingerprint density at radius 2 is 1.97 bits per heavy atom. The Kier molecular flexibility index (Phi) is 6.79. The predicted octanol–water partition coefficient (Wildman–Crippen LogP) is 5.34. The number of para-hydroxylation sites is 2. The van der Waals surface area contributed by atoms with E-state index in [-0.39, 0.29) is 12.0 Å². The zero-order valence-electron chi connectivity index (χ0n) is 17.3. The third kappa shape index (κ3) is 5.03. The molecular formula is C24H25ClN2O4. The third-order valence-electron chi connectivity index (χ3n) is 5.23. The van der Waals surface area contributed by atoms with E-state index in [0.29, 0.717) is 34.4 Å². The van der Waals surface area contributed by atoms with Crippen molar-refractivity contribution in [1.29, 1.82) is 0 Å². The highest BCUT2D eigenvalue weighted by molar-refractivity contribution is 6.33. The van der Waals surface area contributed by atoms with Gasteiger partial charge in [-0.25, -0.2) is 0 Å². The average molecular weight is 441 g/mol. The minimum absolute atomic E-state index is 0.0811. The lowest BCUT2D eigenvalue weighted by atomic mass is 10.1. The number of benzene rings is 2. The van der Waals surface area contributed by atoms with Crippen LogP contribution in [0.3, 0.4) is 0 Å². The summed E-state index contributed by atoms with van der Waals surface area (Å²) in [5, 5.41) is 3.37. The average Bonchev–Trinajstić information content (AvgIpc) is 3.33. The maximum absolute atomic E-state index is 13.1. The number of anilines is 1. The van der Waals surface area contributed by atoms with Gasteiger partial charge in [-0.3, -0.25) is 4.79 Å². The number of aromatic nitrogens is 1. The van der Waals surface area contributed by atoms with Crippen molar-refractivity contribution in [2.75, 3.05) is 25.6 Å². The van der Waals surface area contributed by atoms with Gasteiger partial charge in [0.05, 0.1) is 35.2 Å². The standard InChI is InChI=1S/C24H25ClN2O4/c1-29-23-15-21(27-11-5-6-12-27)19(25)14-18(23)24(28)26-20-9-2-3-10-22(20)31-16-17-8-4-7-13-30-17/h2-3,5-6,9-12,14-15,17H,4,7-8,13,16H2,1H3,(H,26,28). The Morgan fingerprint density at radius 1 is 1.16 bits per heavy atom. The molecule has 0 saturated carbocycles. The van der Waals surface area contributed by atoms with Gasteiger partial charge in [-0.2, -0.15) is 0 Å². The molecule has 6 nitrogen and oxygen atoms in total. The van der Waals surface area contributed by atoms with Crippen LogP contribution in [0.4, 0.5) is 5.69 Å². The van der Waals surface area contributed by atoms with Crippen molar-refractivity contribution >= 4 is 23.2 Å². The molecule has 1 N–H and O–H groups in total. The first kappa shape index (κ1) is 21.3. The Hall–Kier alpha value is -2.96. The highest BCUT2D eigenvalue weighted by atomic mass is 35.5. The Labute approximate surface area is 186 Å². The van der Waals surface area contributed by atoms with E-state index >= 15 is 0 Å². The Balaban J connectivity index is 1.52. The molecule has 1 fully saturated rings. The maximum Gasteiger partial charge on any atom is 0.259 e. The molecule has 2 heterocycles. The number of hydrogen-bond acceptors (Lipinski definition) is 4. The maximum atomic E-state index is 13.1. The van der Waals surface area contributed by atoms with Crippen LogP contribution in [0.1, 0.15) is 29.6 Å². The number of rotatable bonds is 7. The SMILES string of the molecule is COc1cc(-n2cccc2)c(Cl)cc1C(=O)Nc1ccccc1OCC1CCCCO1. The molecule has 1 aliphatic rings. The van der Waals surface area contributed by atoms with Crippen LogP contribution in [-0.2, 0) is 4.74 Å². The molecule has 1 atom stereocenters. The monoisotopic (exact) mass is 440 g/mol. The van der Waals surface area contributed by atoms with Gasteiger partial charge in [-0.05, 0) is 49.6 Å². The second-order valence-corrected chi connectivity index (χ2v) is 7.75. The molecule has 162 valence electrons. The number of amides is 1. The molecule has 1 amide bonds. The predicted molar refractivity (Wildman–Crippen MR) is 121 cm³/mol. The first-order valence-corrected chi connectivity index (χ1v) is 10.7. The summed E-state index contributed by atoms with van der Waals surface area (Å²) in [4.78, 5) is 13.1. The zero-order chi connectivity index (χ0) is 21.6. The Morgan fingerprint density at radius 3 is 2.71 bits per heavy atom. The van der Waals surface area contributed by atoms with Gasteiger partial charge >= 0.3 is 0 Å². The molecule has 4 rings (SSSR count). The van der Waals surface area contributed by atoms with Crippen LogP contribution >= 0.6 is 11.6 Å². The fraction of sp³-hybridized carbons (Fsp3) is 0.292. The molecule has 2 aromatic carbocycles. The lowest BCUT2D eigenvalue weighted by molar-refractivity contribution is -0.0109. The van der Waals surface area contributed by atoms with Gasteiger partial charge in [0.15, 0.2) is 0 Å². The first-order valence-electron chi connectivity index (χ1n) is 10.3. The number of carbonyl (C=O) groups is 1. The normalized spacial score (nSPS) is 16.0. The van der Waals surface area contributed by atoms with Crippen molar-refractivity contribution in [2.24, 2.45) is 0 Å². The van der Waals surface area contributed by atoms with Crippen molar-refractivity contribution in [1.82, 2.24) is 4.57 Å². The summed E-state index contributed by atoms with van der Waals surface area (Å²) in [6, 6.07) is 14.5. The fourth-order valence-corrected chi connectivity index (χ4v) is 3.85. The van der Waals surface area contributed by atoms with Crippen molar-refractivity contribution in [2.45, 2.75) is 25.4 Å². The van der Waals surface area contributed by atoms with Crippen molar-refractivity contribution < 1.29 is 19.0 Å². The quantitative estimate of drug-likeness (QED) is 0.538. The summed E-state index contributed by atoms with van der Waals surface area (Å²) in [6.07, 6.45) is 7.06. The number of ether oxygens (including phenoxy) is 3. The van der Waals surface area contributed by atoms with Gasteiger partial charge in [-0.15, -0.1) is 0 Å². The third-order valence-corrected chi connectivity index (χ3v) is 5.53. The van der Waals surface area contributed by atoms with E-state index in [1.54, 1.807) is 18.2 Å². The minimum atomic E-state index is -0.331. The second-order valence-electron chi connectivity index (χ2n) is 7.34. The van der Waals surface area contributed by atoms with Crippen molar-refractivity contribution in [3.8, 4) is 17.2 Å². The second kappa shape index (κ2) is 9.90. The lowest BCUT2D eigenvalue weighted by Crippen LogP contribution is -2.26. The van der Waals surface area contributed by atoms with E-state index in [1.165, 1.54) is 7.11 Å². The van der Waals surface area contributed by atoms with Gasteiger partial charge in [0.1, 0.15) is 18.1 Å². The largest absolute Gasteiger partial charge is 0.496 e. The molecule has 1 aromatic heterocycles. The van der Waals surface area contributed by atoms with Gasteiger partial charge in [-0.1, -0.05) is 23.7 Å². The molecule has 0 spiro atoms. The summed E-state index contributed by atoms with van der Waals surface area (Å²) >= 11 is 6.47. The summed E-state index contributed by atoms with van der Waals surface area (Å²) in [7, 11) is 1.53. The summed E-state index contributed by atoms with van der Waals surface area (Å²) in [6.45, 7) is 1.22. The summed E-state index contributed by atoms with van der Waals surface area (Å²) < 4.78 is 19.0. The van der Waals surface area contributed by atoms with Crippen LogP contribution in [0, 0.1) is 0 Å². The van der Waals surface area contributed by atoms with Crippen LogP contribution < -0.4 is 14.8 Å². The smallest absolute Gasteiger partial charge is 0.259 e. The minimum Gasteiger partial charge on any atom is -0.496 e. The van der Waals surface area contributed by atoms with Gasteiger partial charge in [0.25, 0.3) is 5.91 Å². The Bertz CT molecular complexity index is 1030. The summed E-state index contributed by atoms with van der Waals surface area (Å²) in [5.41, 5.74) is 1.65. The van der Waals surface area contributed by atoms with Crippen LogP contribution in [0.25, 0.3) is 5.69 Å². The van der Waals surface area contributed by atoms with E-state index in [2.05, 4.69) is 5.32 Å². The fourth-order valence-electron chi connectivity index (χ4n) is 3.59.